The molecule has 0 aliphatic heterocycles. The Morgan fingerprint density at radius 3 is 2.53 bits per heavy atom. The van der Waals surface area contributed by atoms with Gasteiger partial charge in [0.1, 0.15) is 11.3 Å². The molecule has 1 unspecified atom stereocenters. The summed E-state index contributed by atoms with van der Waals surface area (Å²) in [5.74, 6) is 1.94. The van der Waals surface area contributed by atoms with Crippen LogP contribution < -0.4 is 5.32 Å². The van der Waals surface area contributed by atoms with Gasteiger partial charge in [-0.25, -0.2) is 4.98 Å². The van der Waals surface area contributed by atoms with E-state index in [1.165, 1.54) is 50.3 Å². The number of ether oxygens (including phenoxy) is 1. The number of nitrogens with zero attached hydrogens (tertiary/aromatic N) is 1. The lowest BCUT2D eigenvalue weighted by molar-refractivity contribution is -0.147. The van der Waals surface area contributed by atoms with Crippen LogP contribution in [-0.2, 0) is 14.3 Å². The molecule has 1 aromatic heterocycles. The molecule has 4 bridgehead atoms. The van der Waals surface area contributed by atoms with Crippen LogP contribution in [0.4, 0.5) is 0 Å². The molecule has 6 rings (SSSR count). The third-order valence-corrected chi connectivity index (χ3v) is 8.14. The minimum Gasteiger partial charge on any atom is -0.455 e. The molecule has 30 heavy (non-hydrogen) atoms. The number of esters is 1. The second-order valence-electron chi connectivity index (χ2n) is 9.47. The van der Waals surface area contributed by atoms with Gasteiger partial charge < -0.3 is 14.5 Å². The van der Waals surface area contributed by atoms with Crippen molar-refractivity contribution in [1.82, 2.24) is 10.3 Å². The first kappa shape index (κ1) is 19.9. The van der Waals surface area contributed by atoms with Gasteiger partial charge >= 0.3 is 5.97 Å². The van der Waals surface area contributed by atoms with Gasteiger partial charge in [0.15, 0.2) is 12.2 Å². The smallest absolute Gasteiger partial charge is 0.316 e. The first-order valence-electron chi connectivity index (χ1n) is 10.9. The zero-order chi connectivity index (χ0) is 20.7. The molecule has 1 atom stereocenters. The molecule has 1 heterocycles. The summed E-state index contributed by atoms with van der Waals surface area (Å²) in [6, 6.07) is 7.58. The van der Waals surface area contributed by atoms with E-state index in [-0.39, 0.29) is 29.7 Å². The number of nitrogens with one attached hydrogen (secondary N) is 1. The van der Waals surface area contributed by atoms with Crippen LogP contribution in [0.25, 0.3) is 11.1 Å². The normalized spacial score (nSPS) is 30.4. The fourth-order valence-electron chi connectivity index (χ4n) is 6.37. The summed E-state index contributed by atoms with van der Waals surface area (Å²) in [4.78, 5) is 28.8. The minimum absolute atomic E-state index is 0.0602. The highest BCUT2D eigenvalue weighted by Gasteiger charge is 2.53. The third kappa shape index (κ3) is 3.96. The molecule has 0 saturated heterocycles. The Hall–Kier alpha value is -2.02. The molecule has 2 aromatic rings. The highest BCUT2D eigenvalue weighted by atomic mass is 32.2. The first-order chi connectivity index (χ1) is 14.5. The number of rotatable bonds is 7. The van der Waals surface area contributed by atoms with Crippen molar-refractivity contribution < 1.29 is 18.7 Å². The molecule has 1 aromatic carbocycles. The summed E-state index contributed by atoms with van der Waals surface area (Å²) >= 11 is 1.17. The average Bonchev–Trinajstić information content (AvgIpc) is 3.13. The van der Waals surface area contributed by atoms with Crippen LogP contribution in [0.15, 0.2) is 33.9 Å². The Morgan fingerprint density at radius 1 is 1.20 bits per heavy atom. The van der Waals surface area contributed by atoms with Crippen molar-refractivity contribution in [3.05, 3.63) is 24.3 Å². The molecular formula is C23H28N2O4S. The number of benzene rings is 1. The number of carbonyl (C=O) groups excluding carboxylic acids is 2. The molecule has 4 aliphatic carbocycles. The maximum Gasteiger partial charge on any atom is 0.316 e. The van der Waals surface area contributed by atoms with Crippen LogP contribution >= 0.6 is 11.8 Å². The van der Waals surface area contributed by atoms with Crippen molar-refractivity contribution in [2.45, 2.75) is 56.7 Å². The van der Waals surface area contributed by atoms with Crippen LogP contribution in [0.1, 0.15) is 45.4 Å². The molecule has 1 amide bonds. The predicted molar refractivity (Wildman–Crippen MR) is 114 cm³/mol. The van der Waals surface area contributed by atoms with Crippen molar-refractivity contribution >= 4 is 34.7 Å². The highest BCUT2D eigenvalue weighted by molar-refractivity contribution is 7.99. The standard InChI is InChI=1S/C23H28N2O4S/c1-14(23-9-15-6-16(10-23)8-17(7-15)11-23)24-20(26)12-28-21(27)13-30-22-25-18-4-2-3-5-19(18)29-22/h2-5,14-17H,6-13H2,1H3,(H,24,26). The van der Waals surface area contributed by atoms with E-state index in [0.29, 0.717) is 10.8 Å². The van der Waals surface area contributed by atoms with Gasteiger partial charge in [0.05, 0.1) is 0 Å². The molecule has 4 saturated carbocycles. The largest absolute Gasteiger partial charge is 0.455 e. The lowest BCUT2D eigenvalue weighted by Crippen LogP contribution is -2.56. The van der Waals surface area contributed by atoms with E-state index in [1.807, 2.05) is 24.3 Å². The summed E-state index contributed by atoms with van der Waals surface area (Å²) < 4.78 is 10.8. The van der Waals surface area contributed by atoms with Crippen molar-refractivity contribution in [2.75, 3.05) is 12.4 Å². The van der Waals surface area contributed by atoms with E-state index in [9.17, 15) is 9.59 Å². The van der Waals surface area contributed by atoms with Gasteiger partial charge in [0.2, 0.25) is 0 Å². The molecule has 0 radical (unpaired) electrons. The SMILES string of the molecule is CC(NC(=O)COC(=O)CSc1nc2ccccc2o1)C12CC3CC(CC(C3)C1)C2. The Bertz CT molecular complexity index is 887. The fraction of sp³-hybridized carbons (Fsp3) is 0.609. The monoisotopic (exact) mass is 428 g/mol. The van der Waals surface area contributed by atoms with Crippen LogP contribution in [-0.4, -0.2) is 35.3 Å². The zero-order valence-corrected chi connectivity index (χ0v) is 18.1. The van der Waals surface area contributed by atoms with Gasteiger partial charge in [-0.2, -0.15) is 0 Å². The second kappa shape index (κ2) is 7.91. The van der Waals surface area contributed by atoms with E-state index in [0.717, 1.165) is 23.3 Å². The number of hydrogen-bond acceptors (Lipinski definition) is 6. The Labute approximate surface area is 180 Å². The van der Waals surface area contributed by atoms with Gasteiger partial charge in [-0.1, -0.05) is 23.9 Å². The fourth-order valence-corrected chi connectivity index (χ4v) is 7.00. The Kier molecular flexibility index (Phi) is 5.25. The number of oxazole rings is 1. The number of amides is 1. The van der Waals surface area contributed by atoms with Crippen LogP contribution in [0.3, 0.4) is 0 Å². The predicted octanol–water partition coefficient (Wildman–Crippen LogP) is 4.18. The zero-order valence-electron chi connectivity index (χ0n) is 17.3. The van der Waals surface area contributed by atoms with E-state index >= 15 is 0 Å². The van der Waals surface area contributed by atoms with Crippen molar-refractivity contribution in [3.63, 3.8) is 0 Å². The molecule has 0 spiro atoms. The number of carbonyl (C=O) groups is 2. The third-order valence-electron chi connectivity index (χ3n) is 7.33. The van der Waals surface area contributed by atoms with Gasteiger partial charge in [-0.05, 0) is 80.8 Å². The van der Waals surface area contributed by atoms with Crippen molar-refractivity contribution in [2.24, 2.45) is 23.2 Å². The maximum atomic E-state index is 12.4. The number of aromatic nitrogens is 1. The van der Waals surface area contributed by atoms with Gasteiger partial charge in [0, 0.05) is 6.04 Å². The van der Waals surface area contributed by atoms with Crippen molar-refractivity contribution in [1.29, 1.82) is 0 Å². The number of fused-ring (bicyclic) bond motifs is 1. The van der Waals surface area contributed by atoms with Crippen LogP contribution in [0, 0.1) is 23.2 Å². The van der Waals surface area contributed by atoms with Crippen LogP contribution in [0.5, 0.6) is 0 Å². The minimum atomic E-state index is -0.445. The van der Waals surface area contributed by atoms with E-state index in [2.05, 4.69) is 17.2 Å². The lowest BCUT2D eigenvalue weighted by Gasteiger charge is -2.59. The topological polar surface area (TPSA) is 81.4 Å². The van der Waals surface area contributed by atoms with Crippen molar-refractivity contribution in [3.8, 4) is 0 Å². The quantitative estimate of drug-likeness (QED) is 0.526. The summed E-state index contributed by atoms with van der Waals surface area (Å²) in [6.07, 6.45) is 7.87. The summed E-state index contributed by atoms with van der Waals surface area (Å²) in [7, 11) is 0. The number of thioether (sulfide) groups is 1. The molecule has 4 fully saturated rings. The highest BCUT2D eigenvalue weighted by Crippen LogP contribution is 2.61. The molecule has 160 valence electrons. The Balaban J connectivity index is 1.08. The summed E-state index contributed by atoms with van der Waals surface area (Å²) in [6.45, 7) is 1.90. The van der Waals surface area contributed by atoms with Crippen LogP contribution in [0.2, 0.25) is 0 Å². The second-order valence-corrected chi connectivity index (χ2v) is 10.4. The lowest BCUT2D eigenvalue weighted by atomic mass is 9.48. The molecule has 7 heteroatoms. The Morgan fingerprint density at radius 2 is 1.87 bits per heavy atom. The first-order valence-corrected chi connectivity index (χ1v) is 11.9. The van der Waals surface area contributed by atoms with Gasteiger partial charge in [-0.15, -0.1) is 0 Å². The molecule has 1 N–H and O–H groups in total. The molecule has 6 nitrogen and oxygen atoms in total. The maximum absolute atomic E-state index is 12.4. The van der Waals surface area contributed by atoms with E-state index in [4.69, 9.17) is 9.15 Å². The molecular weight excluding hydrogens is 400 g/mol. The average molecular weight is 429 g/mol. The summed E-state index contributed by atoms with van der Waals surface area (Å²) in [5, 5.41) is 3.55. The van der Waals surface area contributed by atoms with Gasteiger partial charge in [0.25, 0.3) is 11.1 Å². The van der Waals surface area contributed by atoms with E-state index < -0.39 is 5.97 Å². The number of hydrogen-bond donors (Lipinski definition) is 1. The van der Waals surface area contributed by atoms with Gasteiger partial charge in [-0.3, -0.25) is 9.59 Å². The van der Waals surface area contributed by atoms with E-state index in [1.54, 1.807) is 0 Å². The molecule has 4 aliphatic rings. The number of para-hydroxylation sites is 2. The summed E-state index contributed by atoms with van der Waals surface area (Å²) in [5.41, 5.74) is 1.69.